The molecule has 2 nitrogen and oxygen atoms in total. The molecule has 0 aliphatic carbocycles. The van der Waals surface area contributed by atoms with E-state index in [1.165, 1.54) is 0 Å². The van der Waals surface area contributed by atoms with Gasteiger partial charge in [0.05, 0.1) is 17.7 Å². The number of hydrogen-bond donors (Lipinski definition) is 0. The lowest BCUT2D eigenvalue weighted by atomic mass is 10.3. The highest BCUT2D eigenvalue weighted by molar-refractivity contribution is 6.32. The zero-order valence-electron chi connectivity index (χ0n) is 6.52. The van der Waals surface area contributed by atoms with Crippen LogP contribution in [0.25, 0.3) is 0 Å². The Labute approximate surface area is 77.3 Å². The van der Waals surface area contributed by atoms with E-state index >= 15 is 0 Å². The van der Waals surface area contributed by atoms with Crippen LogP contribution >= 0.6 is 11.6 Å². The fourth-order valence-corrected chi connectivity index (χ4v) is 1.08. The number of nitrogens with zero attached hydrogens (tertiary/aromatic N) is 1. The number of hydrogen-bond acceptors (Lipinski definition) is 2. The molecule has 0 radical (unpaired) electrons. The zero-order chi connectivity index (χ0) is 10.0. The van der Waals surface area contributed by atoms with Crippen molar-refractivity contribution in [3.05, 3.63) is 22.7 Å². The molecule has 0 aliphatic rings. The first-order chi connectivity index (χ1) is 6.07. The molecule has 13 heavy (non-hydrogen) atoms. The van der Waals surface area contributed by atoms with Crippen LogP contribution in [0.3, 0.4) is 0 Å². The van der Waals surface area contributed by atoms with Crippen LogP contribution in [0, 0.1) is 5.95 Å². The molecule has 1 heterocycles. The van der Waals surface area contributed by atoms with Crippen LogP contribution in [0.4, 0.5) is 13.2 Å². The summed E-state index contributed by atoms with van der Waals surface area (Å²) in [6.07, 6.45) is -2.11. The lowest BCUT2D eigenvalue weighted by Crippen LogP contribution is -1.97. The molecule has 1 aromatic rings. The summed E-state index contributed by atoms with van der Waals surface area (Å²) in [5.74, 6) is -1.46. The van der Waals surface area contributed by atoms with Crippen LogP contribution < -0.4 is 4.74 Å². The summed E-state index contributed by atoms with van der Waals surface area (Å²) in [5, 5.41) is -0.440. The summed E-state index contributed by atoms with van der Waals surface area (Å²) in [6.45, 7) is 0. The number of pyridine rings is 1. The maximum absolute atomic E-state index is 12.7. The summed E-state index contributed by atoms with van der Waals surface area (Å²) in [5.41, 5.74) is -0.542. The molecule has 0 amide bonds. The van der Waals surface area contributed by atoms with Gasteiger partial charge in [-0.3, -0.25) is 0 Å². The summed E-state index contributed by atoms with van der Waals surface area (Å²) < 4.78 is 41.5. The Kier molecular flexibility index (Phi) is 2.98. The molecule has 0 saturated carbocycles. The summed E-state index contributed by atoms with van der Waals surface area (Å²) >= 11 is 5.42. The molecule has 0 aliphatic heterocycles. The third-order valence-electron chi connectivity index (χ3n) is 1.40. The molecular formula is C7H5ClF3NO. The smallest absolute Gasteiger partial charge is 0.266 e. The van der Waals surface area contributed by atoms with Crippen molar-refractivity contribution in [2.75, 3.05) is 7.11 Å². The molecule has 0 N–H and O–H groups in total. The highest BCUT2D eigenvalue weighted by Gasteiger charge is 2.19. The molecule has 6 heteroatoms. The lowest BCUT2D eigenvalue weighted by Gasteiger charge is -2.07. The van der Waals surface area contributed by atoms with Crippen LogP contribution in [0.2, 0.25) is 5.02 Å². The monoisotopic (exact) mass is 211 g/mol. The van der Waals surface area contributed by atoms with Crippen molar-refractivity contribution in [1.82, 2.24) is 4.98 Å². The predicted octanol–water partition coefficient (Wildman–Crippen LogP) is 2.82. The Morgan fingerprint density at radius 1 is 1.54 bits per heavy atom. The van der Waals surface area contributed by atoms with E-state index < -0.39 is 28.7 Å². The first-order valence-corrected chi connectivity index (χ1v) is 3.61. The van der Waals surface area contributed by atoms with E-state index in [1.807, 2.05) is 0 Å². The van der Waals surface area contributed by atoms with Gasteiger partial charge in [-0.05, 0) is 0 Å². The lowest BCUT2D eigenvalue weighted by molar-refractivity contribution is 0.150. The van der Waals surface area contributed by atoms with E-state index in [4.69, 9.17) is 11.6 Å². The molecular weight excluding hydrogens is 207 g/mol. The molecule has 1 aromatic heterocycles. The van der Waals surface area contributed by atoms with Gasteiger partial charge >= 0.3 is 0 Å². The summed E-state index contributed by atoms with van der Waals surface area (Å²) in [6, 6.07) is 0. The van der Waals surface area contributed by atoms with Gasteiger partial charge in [0, 0.05) is 6.20 Å². The van der Waals surface area contributed by atoms with Gasteiger partial charge in [0.25, 0.3) is 12.4 Å². The van der Waals surface area contributed by atoms with Crippen molar-refractivity contribution < 1.29 is 17.9 Å². The van der Waals surface area contributed by atoms with E-state index in [9.17, 15) is 13.2 Å². The molecule has 1 rings (SSSR count). The first-order valence-electron chi connectivity index (χ1n) is 3.24. The van der Waals surface area contributed by atoms with Crippen LogP contribution in [0.1, 0.15) is 12.0 Å². The zero-order valence-corrected chi connectivity index (χ0v) is 7.28. The SMILES string of the molecule is COc1c(F)ncc(C(F)F)c1Cl. The molecule has 0 bridgehead atoms. The second-order valence-corrected chi connectivity index (χ2v) is 2.53. The number of alkyl halides is 2. The third-order valence-corrected chi connectivity index (χ3v) is 1.79. The maximum atomic E-state index is 12.7. The minimum absolute atomic E-state index is 0.440. The molecule has 0 aromatic carbocycles. The van der Waals surface area contributed by atoms with Crippen molar-refractivity contribution in [1.29, 1.82) is 0 Å². The van der Waals surface area contributed by atoms with Gasteiger partial charge in [-0.15, -0.1) is 0 Å². The number of rotatable bonds is 2. The fraction of sp³-hybridized carbons (Fsp3) is 0.286. The van der Waals surface area contributed by atoms with E-state index in [-0.39, 0.29) is 0 Å². The number of ether oxygens (including phenoxy) is 1. The van der Waals surface area contributed by atoms with Gasteiger partial charge in [-0.1, -0.05) is 11.6 Å². The highest BCUT2D eigenvalue weighted by atomic mass is 35.5. The Morgan fingerprint density at radius 3 is 2.62 bits per heavy atom. The second kappa shape index (κ2) is 3.83. The third kappa shape index (κ3) is 1.85. The molecule has 72 valence electrons. The average Bonchev–Trinajstić information content (AvgIpc) is 2.04. The molecule has 0 atom stereocenters. The first kappa shape index (κ1) is 10.1. The van der Waals surface area contributed by atoms with Crippen molar-refractivity contribution >= 4 is 11.6 Å². The van der Waals surface area contributed by atoms with Crippen LogP contribution in [-0.2, 0) is 0 Å². The predicted molar refractivity (Wildman–Crippen MR) is 40.7 cm³/mol. The molecule has 0 spiro atoms. The normalized spacial score (nSPS) is 10.6. The fourth-order valence-electron chi connectivity index (χ4n) is 0.789. The van der Waals surface area contributed by atoms with Crippen LogP contribution in [0.15, 0.2) is 6.20 Å². The Hall–Kier alpha value is -0.970. The van der Waals surface area contributed by atoms with E-state index in [1.54, 1.807) is 0 Å². The van der Waals surface area contributed by atoms with Crippen molar-refractivity contribution in [3.8, 4) is 5.75 Å². The van der Waals surface area contributed by atoms with Gasteiger partial charge in [0.15, 0.2) is 5.75 Å². The molecule has 0 unspecified atom stereocenters. The van der Waals surface area contributed by atoms with Gasteiger partial charge in [0.1, 0.15) is 0 Å². The van der Waals surface area contributed by atoms with Crippen molar-refractivity contribution in [2.45, 2.75) is 6.43 Å². The number of halogens is 4. The quantitative estimate of drug-likeness (QED) is 0.702. The minimum atomic E-state index is -2.80. The Balaban J connectivity index is 3.27. The van der Waals surface area contributed by atoms with E-state index in [0.29, 0.717) is 6.20 Å². The minimum Gasteiger partial charge on any atom is -0.491 e. The Morgan fingerprint density at radius 2 is 2.15 bits per heavy atom. The van der Waals surface area contributed by atoms with Gasteiger partial charge in [0.2, 0.25) is 0 Å². The van der Waals surface area contributed by atoms with Crippen LogP contribution in [0.5, 0.6) is 5.75 Å². The van der Waals surface area contributed by atoms with Crippen molar-refractivity contribution in [3.63, 3.8) is 0 Å². The average molecular weight is 212 g/mol. The maximum Gasteiger partial charge on any atom is 0.266 e. The largest absolute Gasteiger partial charge is 0.491 e. The summed E-state index contributed by atoms with van der Waals surface area (Å²) in [7, 11) is 1.13. The van der Waals surface area contributed by atoms with E-state index in [0.717, 1.165) is 7.11 Å². The molecule has 0 fully saturated rings. The summed E-state index contributed by atoms with van der Waals surface area (Å²) in [4.78, 5) is 3.08. The number of methoxy groups -OCH3 is 1. The Bertz CT molecular complexity index is 319. The van der Waals surface area contributed by atoms with E-state index in [2.05, 4.69) is 9.72 Å². The second-order valence-electron chi connectivity index (χ2n) is 2.15. The topological polar surface area (TPSA) is 22.1 Å². The standard InChI is InChI=1S/C7H5ClF3NO/c1-13-5-4(8)3(6(9)10)2-12-7(5)11/h2,6H,1H3. The van der Waals surface area contributed by atoms with Gasteiger partial charge in [-0.2, -0.15) is 4.39 Å². The van der Waals surface area contributed by atoms with Gasteiger partial charge in [-0.25, -0.2) is 13.8 Å². The van der Waals surface area contributed by atoms with Crippen molar-refractivity contribution in [2.24, 2.45) is 0 Å². The van der Waals surface area contributed by atoms with Crippen LogP contribution in [-0.4, -0.2) is 12.1 Å². The number of aromatic nitrogens is 1. The van der Waals surface area contributed by atoms with Gasteiger partial charge < -0.3 is 4.74 Å². The highest BCUT2D eigenvalue weighted by Crippen LogP contribution is 2.34. The molecule has 0 saturated heterocycles.